The van der Waals surface area contributed by atoms with E-state index >= 15 is 0 Å². The SMILES string of the molecule is C=CC(=O)Nc1cc(N)ccc1N1CCC2(CC1)CC(N(C)C)C2. The van der Waals surface area contributed by atoms with Crippen LogP contribution in [0.5, 0.6) is 0 Å². The molecule has 0 atom stereocenters. The molecular formula is C19H28N4O. The Morgan fingerprint density at radius 2 is 2.04 bits per heavy atom. The van der Waals surface area contributed by atoms with Crippen molar-refractivity contribution < 1.29 is 4.79 Å². The summed E-state index contributed by atoms with van der Waals surface area (Å²) in [5, 5.41) is 2.88. The molecule has 5 heteroatoms. The van der Waals surface area contributed by atoms with Crippen molar-refractivity contribution in [1.82, 2.24) is 4.90 Å². The number of hydrogen-bond donors (Lipinski definition) is 2. The van der Waals surface area contributed by atoms with Gasteiger partial charge in [0, 0.05) is 24.8 Å². The van der Waals surface area contributed by atoms with Crippen LogP contribution in [-0.4, -0.2) is 44.0 Å². The van der Waals surface area contributed by atoms with Crippen molar-refractivity contribution in [3.05, 3.63) is 30.9 Å². The van der Waals surface area contributed by atoms with Gasteiger partial charge in [0.05, 0.1) is 11.4 Å². The molecule has 3 rings (SSSR count). The highest BCUT2D eigenvalue weighted by atomic mass is 16.1. The number of rotatable bonds is 4. The fraction of sp³-hybridized carbons (Fsp3) is 0.526. The van der Waals surface area contributed by atoms with Crippen LogP contribution in [0.25, 0.3) is 0 Å². The lowest BCUT2D eigenvalue weighted by atomic mass is 9.60. The van der Waals surface area contributed by atoms with Gasteiger partial charge in [0.1, 0.15) is 0 Å². The maximum Gasteiger partial charge on any atom is 0.247 e. The molecule has 0 aromatic heterocycles. The lowest BCUT2D eigenvalue weighted by Gasteiger charge is -2.54. The molecule has 1 aromatic carbocycles. The minimum absolute atomic E-state index is 0.205. The number of anilines is 3. The van der Waals surface area contributed by atoms with Crippen molar-refractivity contribution in [2.45, 2.75) is 31.7 Å². The number of hydrogen-bond acceptors (Lipinski definition) is 4. The second-order valence-corrected chi connectivity index (χ2v) is 7.48. The summed E-state index contributed by atoms with van der Waals surface area (Å²) in [6, 6.07) is 6.48. The van der Waals surface area contributed by atoms with Gasteiger partial charge in [-0.2, -0.15) is 0 Å². The molecule has 1 aromatic rings. The molecule has 5 nitrogen and oxygen atoms in total. The first-order chi connectivity index (χ1) is 11.4. The lowest BCUT2D eigenvalue weighted by molar-refractivity contribution is -0.111. The fourth-order valence-corrected chi connectivity index (χ4v) is 4.05. The normalized spacial score (nSPS) is 20.0. The van der Waals surface area contributed by atoms with E-state index in [2.05, 4.69) is 35.8 Å². The summed E-state index contributed by atoms with van der Waals surface area (Å²) in [5.41, 5.74) is 8.90. The smallest absolute Gasteiger partial charge is 0.247 e. The number of carbonyl (C=O) groups excluding carboxylic acids is 1. The van der Waals surface area contributed by atoms with Crippen molar-refractivity contribution in [1.29, 1.82) is 0 Å². The highest BCUT2D eigenvalue weighted by Crippen LogP contribution is 2.51. The van der Waals surface area contributed by atoms with E-state index in [4.69, 9.17) is 5.73 Å². The Hall–Kier alpha value is -2.01. The van der Waals surface area contributed by atoms with Gasteiger partial charge in [0.25, 0.3) is 0 Å². The number of nitrogens with zero attached hydrogens (tertiary/aromatic N) is 2. The zero-order valence-corrected chi connectivity index (χ0v) is 14.7. The van der Waals surface area contributed by atoms with Crippen LogP contribution in [0.3, 0.4) is 0 Å². The van der Waals surface area contributed by atoms with Crippen LogP contribution in [0.4, 0.5) is 17.1 Å². The van der Waals surface area contributed by atoms with Gasteiger partial charge in [-0.15, -0.1) is 0 Å². The summed E-state index contributed by atoms with van der Waals surface area (Å²) in [7, 11) is 4.35. The quantitative estimate of drug-likeness (QED) is 0.659. The number of nitrogen functional groups attached to an aromatic ring is 1. The second-order valence-electron chi connectivity index (χ2n) is 7.48. The van der Waals surface area contributed by atoms with Crippen molar-refractivity contribution >= 4 is 23.0 Å². The average Bonchev–Trinajstić information content (AvgIpc) is 2.53. The van der Waals surface area contributed by atoms with E-state index in [1.807, 2.05) is 18.2 Å². The van der Waals surface area contributed by atoms with Gasteiger partial charge < -0.3 is 20.9 Å². The first-order valence-electron chi connectivity index (χ1n) is 8.67. The van der Waals surface area contributed by atoms with Gasteiger partial charge in [-0.1, -0.05) is 6.58 Å². The van der Waals surface area contributed by atoms with E-state index in [0.29, 0.717) is 11.1 Å². The third-order valence-corrected chi connectivity index (χ3v) is 5.70. The number of piperidine rings is 1. The topological polar surface area (TPSA) is 61.6 Å². The van der Waals surface area contributed by atoms with Crippen LogP contribution in [0.15, 0.2) is 30.9 Å². The van der Waals surface area contributed by atoms with Crippen LogP contribution in [0, 0.1) is 5.41 Å². The van der Waals surface area contributed by atoms with Crippen LogP contribution < -0.4 is 16.0 Å². The zero-order chi connectivity index (χ0) is 17.3. The molecule has 1 aliphatic heterocycles. The summed E-state index contributed by atoms with van der Waals surface area (Å²) in [6.45, 7) is 5.58. The monoisotopic (exact) mass is 328 g/mol. The predicted octanol–water partition coefficient (Wildman–Crippen LogP) is 2.70. The molecule has 130 valence electrons. The first-order valence-corrected chi connectivity index (χ1v) is 8.67. The van der Waals surface area contributed by atoms with E-state index in [1.54, 1.807) is 0 Å². The Labute approximate surface area is 144 Å². The lowest BCUT2D eigenvalue weighted by Crippen LogP contribution is -2.53. The Bertz CT molecular complexity index is 624. The number of nitrogens with two attached hydrogens (primary N) is 1. The molecule has 2 fully saturated rings. The highest BCUT2D eigenvalue weighted by molar-refractivity contribution is 6.01. The molecule has 1 heterocycles. The molecule has 1 aliphatic carbocycles. The standard InChI is InChI=1S/C19H28N4O/c1-4-18(24)21-16-11-14(20)5-6-17(16)23-9-7-19(8-10-23)12-15(13-19)22(2)3/h4-6,11,15H,1,7-10,12-13,20H2,2-3H3,(H,21,24). The van der Waals surface area contributed by atoms with Gasteiger partial charge in [-0.05, 0) is 69.5 Å². The minimum Gasteiger partial charge on any atom is -0.399 e. The Morgan fingerprint density at radius 1 is 1.38 bits per heavy atom. The van der Waals surface area contributed by atoms with Crippen molar-refractivity contribution in [3.8, 4) is 0 Å². The van der Waals surface area contributed by atoms with Crippen LogP contribution in [0.2, 0.25) is 0 Å². The first kappa shape index (κ1) is 16.8. The molecule has 2 aliphatic rings. The van der Waals surface area contributed by atoms with Crippen molar-refractivity contribution in [2.75, 3.05) is 43.1 Å². The number of benzene rings is 1. The van der Waals surface area contributed by atoms with E-state index in [1.165, 1.54) is 31.8 Å². The average molecular weight is 328 g/mol. The van der Waals surface area contributed by atoms with Gasteiger partial charge in [0.2, 0.25) is 5.91 Å². The Morgan fingerprint density at radius 3 is 2.62 bits per heavy atom. The second kappa shape index (κ2) is 6.48. The molecule has 0 radical (unpaired) electrons. The van der Waals surface area contributed by atoms with E-state index < -0.39 is 0 Å². The third kappa shape index (κ3) is 3.26. The minimum atomic E-state index is -0.205. The Balaban J connectivity index is 1.68. The summed E-state index contributed by atoms with van der Waals surface area (Å²) >= 11 is 0. The molecule has 3 N–H and O–H groups in total. The van der Waals surface area contributed by atoms with Crippen LogP contribution >= 0.6 is 0 Å². The Kier molecular flexibility index (Phi) is 4.54. The van der Waals surface area contributed by atoms with E-state index in [-0.39, 0.29) is 5.91 Å². The molecule has 1 saturated carbocycles. The molecule has 1 amide bonds. The fourth-order valence-electron chi connectivity index (χ4n) is 4.05. The van der Waals surface area contributed by atoms with Crippen LogP contribution in [0.1, 0.15) is 25.7 Å². The summed E-state index contributed by atoms with van der Waals surface area (Å²) < 4.78 is 0. The van der Waals surface area contributed by atoms with Gasteiger partial charge in [-0.3, -0.25) is 4.79 Å². The summed E-state index contributed by atoms with van der Waals surface area (Å²) in [5.74, 6) is -0.205. The summed E-state index contributed by atoms with van der Waals surface area (Å²) in [4.78, 5) is 16.4. The van der Waals surface area contributed by atoms with Crippen LogP contribution in [-0.2, 0) is 4.79 Å². The largest absolute Gasteiger partial charge is 0.399 e. The molecule has 24 heavy (non-hydrogen) atoms. The third-order valence-electron chi connectivity index (χ3n) is 5.70. The van der Waals surface area contributed by atoms with Crippen molar-refractivity contribution in [2.24, 2.45) is 5.41 Å². The summed E-state index contributed by atoms with van der Waals surface area (Å²) in [6.07, 6.45) is 6.35. The van der Waals surface area contributed by atoms with Crippen molar-refractivity contribution in [3.63, 3.8) is 0 Å². The molecule has 1 spiro atoms. The van der Waals surface area contributed by atoms with E-state index in [9.17, 15) is 4.79 Å². The molecular weight excluding hydrogens is 300 g/mol. The highest BCUT2D eigenvalue weighted by Gasteiger charge is 2.46. The van der Waals surface area contributed by atoms with Gasteiger partial charge >= 0.3 is 0 Å². The molecule has 0 bridgehead atoms. The maximum absolute atomic E-state index is 11.7. The number of carbonyl (C=O) groups is 1. The number of nitrogens with one attached hydrogen (secondary N) is 1. The zero-order valence-electron chi connectivity index (χ0n) is 14.7. The van der Waals surface area contributed by atoms with E-state index in [0.717, 1.165) is 30.5 Å². The predicted molar refractivity (Wildman–Crippen MR) is 100 cm³/mol. The maximum atomic E-state index is 11.7. The van der Waals surface area contributed by atoms with Gasteiger partial charge in [-0.25, -0.2) is 0 Å². The molecule has 1 saturated heterocycles. The van der Waals surface area contributed by atoms with Gasteiger partial charge in [0.15, 0.2) is 0 Å². The number of amides is 1. The molecule has 0 unspecified atom stereocenters.